The van der Waals surface area contributed by atoms with Crippen LogP contribution >= 0.6 is 23.2 Å². The Morgan fingerprint density at radius 1 is 1.33 bits per heavy atom. The number of carbonyl (C=O) groups is 1. The van der Waals surface area contributed by atoms with E-state index in [4.69, 9.17) is 27.9 Å². The summed E-state index contributed by atoms with van der Waals surface area (Å²) in [5, 5.41) is 11.8. The van der Waals surface area contributed by atoms with Gasteiger partial charge in [-0.1, -0.05) is 23.2 Å². The molecule has 1 aliphatic rings. The SMILES string of the molecule is Cc1cc(Cl)cc(Cl)c1OCC(=O)N1CCN=Cc2cc([N+](=O)[O-])ccc21. The van der Waals surface area contributed by atoms with Crippen molar-refractivity contribution in [3.05, 3.63) is 61.6 Å². The van der Waals surface area contributed by atoms with E-state index in [1.54, 1.807) is 25.1 Å². The van der Waals surface area contributed by atoms with E-state index in [-0.39, 0.29) is 18.2 Å². The lowest BCUT2D eigenvalue weighted by Crippen LogP contribution is -2.37. The fourth-order valence-corrected chi connectivity index (χ4v) is 3.44. The number of carbonyl (C=O) groups excluding carboxylic acids is 1. The van der Waals surface area contributed by atoms with Crippen LogP contribution in [0.3, 0.4) is 0 Å². The molecule has 27 heavy (non-hydrogen) atoms. The number of nitrogens with zero attached hydrogens (tertiary/aromatic N) is 3. The van der Waals surface area contributed by atoms with Crippen LogP contribution in [0.2, 0.25) is 10.0 Å². The molecule has 0 fully saturated rings. The van der Waals surface area contributed by atoms with Crippen LogP contribution in [0.4, 0.5) is 11.4 Å². The Balaban J connectivity index is 1.81. The molecule has 0 atom stereocenters. The largest absolute Gasteiger partial charge is 0.482 e. The zero-order valence-electron chi connectivity index (χ0n) is 14.3. The van der Waals surface area contributed by atoms with Crippen LogP contribution < -0.4 is 9.64 Å². The van der Waals surface area contributed by atoms with Crippen LogP contribution in [0.15, 0.2) is 35.3 Å². The monoisotopic (exact) mass is 407 g/mol. The summed E-state index contributed by atoms with van der Waals surface area (Å²) < 4.78 is 5.62. The van der Waals surface area contributed by atoms with E-state index < -0.39 is 4.92 Å². The van der Waals surface area contributed by atoms with Gasteiger partial charge in [-0.15, -0.1) is 0 Å². The number of hydrogen-bond acceptors (Lipinski definition) is 5. The summed E-state index contributed by atoms with van der Waals surface area (Å²) in [6, 6.07) is 7.54. The highest BCUT2D eigenvalue weighted by Gasteiger charge is 2.23. The standard InChI is InChI=1S/C18H15Cl2N3O4/c1-11-6-13(19)8-15(20)18(11)27-10-17(24)22-5-4-21-9-12-7-14(23(25)26)2-3-16(12)22/h2-3,6-9H,4-5,10H2,1H3. The van der Waals surface area contributed by atoms with E-state index in [2.05, 4.69) is 4.99 Å². The van der Waals surface area contributed by atoms with Crippen molar-refractivity contribution in [2.24, 2.45) is 4.99 Å². The zero-order chi connectivity index (χ0) is 19.6. The van der Waals surface area contributed by atoms with E-state index in [9.17, 15) is 14.9 Å². The first-order valence-electron chi connectivity index (χ1n) is 8.04. The van der Waals surface area contributed by atoms with E-state index >= 15 is 0 Å². The highest BCUT2D eigenvalue weighted by molar-refractivity contribution is 6.35. The molecule has 1 heterocycles. The molecular weight excluding hydrogens is 393 g/mol. The maximum atomic E-state index is 12.7. The summed E-state index contributed by atoms with van der Waals surface area (Å²) in [4.78, 5) is 28.9. The average molecular weight is 408 g/mol. The number of ether oxygens (including phenoxy) is 1. The second kappa shape index (κ2) is 7.94. The average Bonchev–Trinajstić information content (AvgIpc) is 2.82. The molecule has 9 heteroatoms. The molecule has 0 saturated carbocycles. The molecule has 3 rings (SSSR count). The van der Waals surface area contributed by atoms with Gasteiger partial charge in [-0.2, -0.15) is 0 Å². The molecule has 140 valence electrons. The number of non-ortho nitro benzene ring substituents is 1. The highest BCUT2D eigenvalue weighted by Crippen LogP contribution is 2.32. The Labute approximate surface area is 165 Å². The molecule has 0 spiro atoms. The van der Waals surface area contributed by atoms with Gasteiger partial charge in [0.15, 0.2) is 6.61 Å². The smallest absolute Gasteiger partial charge is 0.270 e. The molecule has 0 radical (unpaired) electrons. The molecule has 7 nitrogen and oxygen atoms in total. The Bertz CT molecular complexity index is 923. The van der Waals surface area contributed by atoms with Crippen molar-refractivity contribution in [1.82, 2.24) is 0 Å². The van der Waals surface area contributed by atoms with E-state index in [1.807, 2.05) is 0 Å². The molecule has 0 bridgehead atoms. The topological polar surface area (TPSA) is 85.0 Å². The van der Waals surface area contributed by atoms with Crippen molar-refractivity contribution in [3.63, 3.8) is 0 Å². The summed E-state index contributed by atoms with van der Waals surface area (Å²) in [5.74, 6) is 0.0884. The van der Waals surface area contributed by atoms with Gasteiger partial charge in [0, 0.05) is 35.5 Å². The molecule has 0 N–H and O–H groups in total. The number of benzene rings is 2. The number of rotatable bonds is 4. The number of nitro groups is 1. The van der Waals surface area contributed by atoms with Gasteiger partial charge in [-0.05, 0) is 30.7 Å². The number of hydrogen-bond donors (Lipinski definition) is 0. The van der Waals surface area contributed by atoms with Gasteiger partial charge < -0.3 is 9.64 Å². The summed E-state index contributed by atoms with van der Waals surface area (Å²) in [5.41, 5.74) is 1.72. The summed E-state index contributed by atoms with van der Waals surface area (Å²) >= 11 is 12.1. The highest BCUT2D eigenvalue weighted by atomic mass is 35.5. The molecule has 2 aromatic rings. The maximum Gasteiger partial charge on any atom is 0.270 e. The Morgan fingerprint density at radius 3 is 2.81 bits per heavy atom. The molecule has 0 aliphatic carbocycles. The lowest BCUT2D eigenvalue weighted by molar-refractivity contribution is -0.384. The zero-order valence-corrected chi connectivity index (χ0v) is 15.8. The van der Waals surface area contributed by atoms with Crippen molar-refractivity contribution in [3.8, 4) is 5.75 Å². The Morgan fingerprint density at radius 2 is 2.11 bits per heavy atom. The Kier molecular flexibility index (Phi) is 5.62. The molecule has 0 aromatic heterocycles. The van der Waals surface area contributed by atoms with Gasteiger partial charge in [0.2, 0.25) is 0 Å². The fourth-order valence-electron chi connectivity index (χ4n) is 2.79. The molecule has 2 aromatic carbocycles. The third kappa shape index (κ3) is 4.20. The Hall–Kier alpha value is -2.64. The number of amides is 1. The molecule has 0 unspecified atom stereocenters. The number of anilines is 1. The first-order chi connectivity index (χ1) is 12.9. The number of nitro benzene ring substituents is 1. The van der Waals surface area contributed by atoms with Crippen molar-refractivity contribution in [2.75, 3.05) is 24.6 Å². The van der Waals surface area contributed by atoms with Gasteiger partial charge >= 0.3 is 0 Å². The molecule has 1 aliphatic heterocycles. The number of aryl methyl sites for hydroxylation is 1. The van der Waals surface area contributed by atoms with Crippen LogP contribution in [0.5, 0.6) is 5.75 Å². The number of halogens is 2. The first kappa shape index (κ1) is 19.1. The second-order valence-electron chi connectivity index (χ2n) is 5.90. The van der Waals surface area contributed by atoms with Crippen molar-refractivity contribution in [1.29, 1.82) is 0 Å². The predicted octanol–water partition coefficient (Wildman–Crippen LogP) is 4.05. The number of fused-ring (bicyclic) bond motifs is 1. The van der Waals surface area contributed by atoms with Gasteiger partial charge in [-0.25, -0.2) is 0 Å². The minimum Gasteiger partial charge on any atom is -0.482 e. The lowest BCUT2D eigenvalue weighted by Gasteiger charge is -2.22. The van der Waals surface area contributed by atoms with E-state index in [1.165, 1.54) is 23.2 Å². The quantitative estimate of drug-likeness (QED) is 0.564. The van der Waals surface area contributed by atoms with Crippen molar-refractivity contribution in [2.45, 2.75) is 6.92 Å². The van der Waals surface area contributed by atoms with Gasteiger partial charge in [0.05, 0.1) is 22.2 Å². The van der Waals surface area contributed by atoms with Gasteiger partial charge in [-0.3, -0.25) is 19.9 Å². The number of aliphatic imine (C=N–C) groups is 1. The van der Waals surface area contributed by atoms with E-state index in [0.717, 1.165) is 5.56 Å². The normalized spacial score (nSPS) is 13.1. The van der Waals surface area contributed by atoms with Gasteiger partial charge in [0.25, 0.3) is 11.6 Å². The van der Waals surface area contributed by atoms with Crippen molar-refractivity contribution >= 4 is 46.7 Å². The second-order valence-corrected chi connectivity index (χ2v) is 6.75. The predicted molar refractivity (Wildman–Crippen MR) is 105 cm³/mol. The third-order valence-electron chi connectivity index (χ3n) is 4.03. The number of benzodiazepines with no additional fused rings is 1. The van der Waals surface area contributed by atoms with Crippen LogP contribution in [0.1, 0.15) is 11.1 Å². The van der Waals surface area contributed by atoms with Crippen LogP contribution in [0, 0.1) is 17.0 Å². The minimum absolute atomic E-state index is 0.0608. The summed E-state index contributed by atoms with van der Waals surface area (Å²) in [7, 11) is 0. The molecule has 0 saturated heterocycles. The van der Waals surface area contributed by atoms with Crippen LogP contribution in [-0.4, -0.2) is 36.7 Å². The van der Waals surface area contributed by atoms with Crippen LogP contribution in [0.25, 0.3) is 0 Å². The summed E-state index contributed by atoms with van der Waals surface area (Å²) in [6.07, 6.45) is 1.54. The molecular formula is C18H15Cl2N3O4. The first-order valence-corrected chi connectivity index (χ1v) is 8.79. The summed E-state index contributed by atoms with van der Waals surface area (Å²) in [6.45, 7) is 2.27. The fraction of sp³-hybridized carbons (Fsp3) is 0.222. The van der Waals surface area contributed by atoms with E-state index in [0.29, 0.717) is 40.1 Å². The lowest BCUT2D eigenvalue weighted by atomic mass is 10.1. The third-order valence-corrected chi connectivity index (χ3v) is 4.53. The molecule has 1 amide bonds. The maximum absolute atomic E-state index is 12.7. The minimum atomic E-state index is -0.487. The van der Waals surface area contributed by atoms with Crippen LogP contribution in [-0.2, 0) is 4.79 Å². The van der Waals surface area contributed by atoms with Gasteiger partial charge in [0.1, 0.15) is 5.75 Å². The van der Waals surface area contributed by atoms with Crippen molar-refractivity contribution < 1.29 is 14.5 Å².